The summed E-state index contributed by atoms with van der Waals surface area (Å²) in [6.45, 7) is 3.71. The van der Waals surface area contributed by atoms with Crippen molar-refractivity contribution in [3.8, 4) is 0 Å². The maximum Gasteiger partial charge on any atom is 0.350 e. The summed E-state index contributed by atoms with van der Waals surface area (Å²) < 4.78 is 5.46. The normalized spacial score (nSPS) is 22.5. The molecular weight excluding hydrogens is 300 g/mol. The third-order valence-electron chi connectivity index (χ3n) is 4.65. The molecule has 22 heavy (non-hydrogen) atoms. The largest absolute Gasteiger partial charge is 0.461 e. The molecular formula is C16H22N2O3S. The Hall–Kier alpha value is -1.43. The number of carbonyl (C=O) groups excluding carboxylic acids is 2. The van der Waals surface area contributed by atoms with Gasteiger partial charge in [0, 0.05) is 31.3 Å². The first-order valence-corrected chi connectivity index (χ1v) is 8.95. The first kappa shape index (κ1) is 15.5. The monoisotopic (exact) mass is 322 g/mol. The zero-order chi connectivity index (χ0) is 15.5. The summed E-state index contributed by atoms with van der Waals surface area (Å²) in [7, 11) is 0. The van der Waals surface area contributed by atoms with Crippen molar-refractivity contribution >= 4 is 23.2 Å². The summed E-state index contributed by atoms with van der Waals surface area (Å²) in [5, 5.41) is 0. The van der Waals surface area contributed by atoms with E-state index in [-0.39, 0.29) is 17.8 Å². The number of aromatic nitrogens is 1. The molecule has 5 nitrogen and oxygen atoms in total. The summed E-state index contributed by atoms with van der Waals surface area (Å²) in [5.41, 5.74) is 2.66. The Morgan fingerprint density at radius 3 is 2.91 bits per heavy atom. The minimum Gasteiger partial charge on any atom is -0.461 e. The fourth-order valence-electron chi connectivity index (χ4n) is 3.43. The van der Waals surface area contributed by atoms with E-state index in [1.165, 1.54) is 24.2 Å². The van der Waals surface area contributed by atoms with Crippen LogP contribution in [0.25, 0.3) is 0 Å². The molecule has 1 amide bonds. The van der Waals surface area contributed by atoms with Crippen LogP contribution < -0.4 is 0 Å². The van der Waals surface area contributed by atoms with E-state index in [0.717, 1.165) is 25.1 Å². The van der Waals surface area contributed by atoms with E-state index >= 15 is 0 Å². The maximum atomic E-state index is 12.3. The molecule has 1 aliphatic carbocycles. The van der Waals surface area contributed by atoms with Gasteiger partial charge in [-0.2, -0.15) is 0 Å². The van der Waals surface area contributed by atoms with Gasteiger partial charge in [-0.3, -0.25) is 4.79 Å². The molecule has 120 valence electrons. The Kier molecular flexibility index (Phi) is 4.76. The molecule has 1 aromatic rings. The van der Waals surface area contributed by atoms with Gasteiger partial charge in [-0.25, -0.2) is 9.78 Å². The van der Waals surface area contributed by atoms with E-state index in [4.69, 9.17) is 4.74 Å². The lowest BCUT2D eigenvalue weighted by Crippen LogP contribution is -2.25. The molecule has 1 saturated carbocycles. The van der Waals surface area contributed by atoms with Gasteiger partial charge in [0.15, 0.2) is 0 Å². The molecule has 0 aromatic carbocycles. The van der Waals surface area contributed by atoms with Gasteiger partial charge in [0.2, 0.25) is 5.91 Å². The molecule has 6 heteroatoms. The van der Waals surface area contributed by atoms with E-state index < -0.39 is 0 Å². The average molecular weight is 322 g/mol. The number of hydrogen-bond acceptors (Lipinski definition) is 5. The van der Waals surface area contributed by atoms with E-state index in [2.05, 4.69) is 4.98 Å². The minimum absolute atomic E-state index is 0.124. The summed E-state index contributed by atoms with van der Waals surface area (Å²) in [6, 6.07) is 0. The Bertz CT molecular complexity index is 551. The van der Waals surface area contributed by atoms with Crippen LogP contribution in [0.4, 0.5) is 0 Å². The fraction of sp³-hybridized carbons (Fsp3) is 0.688. The van der Waals surface area contributed by atoms with Crippen molar-refractivity contribution in [1.82, 2.24) is 9.88 Å². The van der Waals surface area contributed by atoms with Crippen LogP contribution in [0.1, 0.15) is 60.3 Å². The number of carbonyl (C=O) groups is 2. The topological polar surface area (TPSA) is 59.5 Å². The number of rotatable bonds is 5. The third kappa shape index (κ3) is 3.16. The van der Waals surface area contributed by atoms with Crippen molar-refractivity contribution in [2.24, 2.45) is 5.92 Å². The van der Waals surface area contributed by atoms with E-state index in [0.29, 0.717) is 30.4 Å². The van der Waals surface area contributed by atoms with E-state index in [1.807, 2.05) is 11.8 Å². The number of nitrogens with zero attached hydrogens (tertiary/aromatic N) is 2. The van der Waals surface area contributed by atoms with Crippen LogP contribution in [0, 0.1) is 5.92 Å². The molecule has 2 heterocycles. The molecule has 3 rings (SSSR count). The number of thiazole rings is 1. The Balaban J connectivity index is 1.57. The quantitative estimate of drug-likeness (QED) is 0.782. The summed E-state index contributed by atoms with van der Waals surface area (Å²) in [5.74, 6) is 0.427. The number of amides is 1. The van der Waals surface area contributed by atoms with Gasteiger partial charge in [-0.15, -0.1) is 11.3 Å². The second kappa shape index (κ2) is 6.77. The molecule has 1 aliphatic heterocycles. The predicted octanol–water partition coefficient (Wildman–Crippen LogP) is 2.83. The summed E-state index contributed by atoms with van der Waals surface area (Å²) in [4.78, 5) is 30.9. The Morgan fingerprint density at radius 2 is 2.23 bits per heavy atom. The van der Waals surface area contributed by atoms with Crippen molar-refractivity contribution in [3.63, 3.8) is 0 Å². The highest BCUT2D eigenvalue weighted by Gasteiger charge is 2.30. The second-order valence-electron chi connectivity index (χ2n) is 6.15. The van der Waals surface area contributed by atoms with Gasteiger partial charge in [0.05, 0.1) is 17.8 Å². The van der Waals surface area contributed by atoms with Crippen molar-refractivity contribution in [2.75, 3.05) is 19.7 Å². The van der Waals surface area contributed by atoms with Crippen LogP contribution >= 0.6 is 11.3 Å². The van der Waals surface area contributed by atoms with Crippen LogP contribution in [-0.2, 0) is 9.53 Å². The van der Waals surface area contributed by atoms with Crippen LogP contribution in [0.3, 0.4) is 0 Å². The van der Waals surface area contributed by atoms with E-state index in [9.17, 15) is 9.59 Å². The zero-order valence-corrected chi connectivity index (χ0v) is 13.7. The smallest absolute Gasteiger partial charge is 0.350 e. The standard InChI is InChI=1S/C16H22N2O3S/c1-2-18-8-11(7-13(18)19)9-21-16(20)15-14(17-10-22-15)12-5-3-4-6-12/h10-12H,2-9H2,1H3/t11-/m1/s1. The van der Waals surface area contributed by atoms with Crippen LogP contribution in [-0.4, -0.2) is 41.5 Å². The van der Waals surface area contributed by atoms with Gasteiger partial charge in [0.1, 0.15) is 4.88 Å². The second-order valence-corrected chi connectivity index (χ2v) is 7.00. The summed E-state index contributed by atoms with van der Waals surface area (Å²) in [6.07, 6.45) is 5.15. The molecule has 1 atom stereocenters. The lowest BCUT2D eigenvalue weighted by atomic mass is 10.0. The Morgan fingerprint density at radius 1 is 1.45 bits per heavy atom. The van der Waals surface area contributed by atoms with Gasteiger partial charge >= 0.3 is 5.97 Å². The van der Waals surface area contributed by atoms with Crippen LogP contribution in [0.15, 0.2) is 5.51 Å². The Labute approximate surface area is 134 Å². The van der Waals surface area contributed by atoms with Gasteiger partial charge in [-0.1, -0.05) is 12.8 Å². The van der Waals surface area contributed by atoms with Crippen molar-refractivity contribution in [3.05, 3.63) is 16.1 Å². The SMILES string of the molecule is CCN1C[C@H](COC(=O)c2scnc2C2CCCC2)CC1=O. The molecule has 2 fully saturated rings. The summed E-state index contributed by atoms with van der Waals surface area (Å²) >= 11 is 1.37. The highest BCUT2D eigenvalue weighted by molar-refractivity contribution is 7.11. The van der Waals surface area contributed by atoms with Crippen molar-refractivity contribution in [2.45, 2.75) is 44.9 Å². The molecule has 0 spiro atoms. The third-order valence-corrected chi connectivity index (χ3v) is 5.47. The first-order valence-electron chi connectivity index (χ1n) is 8.07. The molecule has 0 radical (unpaired) electrons. The molecule has 1 aromatic heterocycles. The number of esters is 1. The highest BCUT2D eigenvalue weighted by atomic mass is 32.1. The highest BCUT2D eigenvalue weighted by Crippen LogP contribution is 2.36. The number of hydrogen-bond donors (Lipinski definition) is 0. The van der Waals surface area contributed by atoms with Gasteiger partial charge in [-0.05, 0) is 19.8 Å². The lowest BCUT2D eigenvalue weighted by molar-refractivity contribution is -0.127. The molecule has 0 bridgehead atoms. The number of likely N-dealkylation sites (tertiary alicyclic amines) is 1. The van der Waals surface area contributed by atoms with Crippen LogP contribution in [0.5, 0.6) is 0 Å². The average Bonchev–Trinajstić information content (AvgIpc) is 3.24. The van der Waals surface area contributed by atoms with Crippen LogP contribution in [0.2, 0.25) is 0 Å². The molecule has 2 aliphatic rings. The zero-order valence-electron chi connectivity index (χ0n) is 12.9. The predicted molar refractivity (Wildman–Crippen MR) is 84.0 cm³/mol. The lowest BCUT2D eigenvalue weighted by Gasteiger charge is -2.14. The van der Waals surface area contributed by atoms with Crippen molar-refractivity contribution in [1.29, 1.82) is 0 Å². The molecule has 0 unspecified atom stereocenters. The van der Waals surface area contributed by atoms with Gasteiger partial charge in [0.25, 0.3) is 0 Å². The first-order chi connectivity index (χ1) is 10.7. The maximum absolute atomic E-state index is 12.3. The van der Waals surface area contributed by atoms with Crippen molar-refractivity contribution < 1.29 is 14.3 Å². The number of ether oxygens (including phenoxy) is 1. The van der Waals surface area contributed by atoms with E-state index in [1.54, 1.807) is 5.51 Å². The molecule has 0 N–H and O–H groups in total. The van der Waals surface area contributed by atoms with Gasteiger partial charge < -0.3 is 9.64 Å². The molecule has 1 saturated heterocycles. The fourth-order valence-corrected chi connectivity index (χ4v) is 4.19. The minimum atomic E-state index is -0.271.